The minimum absolute atomic E-state index is 0.134. The summed E-state index contributed by atoms with van der Waals surface area (Å²) < 4.78 is 7.88. The van der Waals surface area contributed by atoms with Crippen LogP contribution in [0, 0.1) is 0 Å². The van der Waals surface area contributed by atoms with Gasteiger partial charge in [0, 0.05) is 28.1 Å². The van der Waals surface area contributed by atoms with Gasteiger partial charge in [0.25, 0.3) is 0 Å². The third-order valence-corrected chi connectivity index (χ3v) is 3.98. The summed E-state index contributed by atoms with van der Waals surface area (Å²) in [6.45, 7) is 9.96. The van der Waals surface area contributed by atoms with Crippen LogP contribution in [0.2, 0.25) is 0 Å². The van der Waals surface area contributed by atoms with Gasteiger partial charge in [-0.25, -0.2) is 0 Å². The van der Waals surface area contributed by atoms with Crippen LogP contribution in [0.5, 0.6) is 0 Å². The molecule has 1 aromatic carbocycles. The zero-order chi connectivity index (χ0) is 13.8. The van der Waals surface area contributed by atoms with Gasteiger partial charge in [-0.3, -0.25) is 0 Å². The number of halogens is 2. The molecule has 0 spiro atoms. The van der Waals surface area contributed by atoms with E-state index in [9.17, 15) is 0 Å². The lowest BCUT2D eigenvalue weighted by Crippen LogP contribution is -2.38. The number of hydrogen-bond acceptors (Lipinski definition) is 2. The standard InChI is InChI=1S/C14H21Br2NO/c1-5-18-14(3,4)9-17-10(2)12-7-6-11(15)8-13(12)16/h6-8,10,17H,5,9H2,1-4H3. The Hall–Kier alpha value is 0.1000. The molecular weight excluding hydrogens is 358 g/mol. The summed E-state index contributed by atoms with van der Waals surface area (Å²) in [4.78, 5) is 0. The molecule has 0 bridgehead atoms. The fraction of sp³-hybridized carbons (Fsp3) is 0.571. The van der Waals surface area contributed by atoms with Crippen LogP contribution in [0.25, 0.3) is 0 Å². The van der Waals surface area contributed by atoms with Crippen LogP contribution >= 0.6 is 31.9 Å². The van der Waals surface area contributed by atoms with E-state index in [-0.39, 0.29) is 11.6 Å². The molecule has 0 radical (unpaired) electrons. The second-order valence-electron chi connectivity index (χ2n) is 4.96. The van der Waals surface area contributed by atoms with Crippen LogP contribution in [0.3, 0.4) is 0 Å². The maximum atomic E-state index is 5.68. The molecule has 1 rings (SSSR count). The normalized spacial score (nSPS) is 13.7. The Labute approximate surface area is 127 Å². The largest absolute Gasteiger partial charge is 0.375 e. The molecular formula is C14H21Br2NO. The van der Waals surface area contributed by atoms with Gasteiger partial charge in [0.1, 0.15) is 0 Å². The number of ether oxygens (including phenoxy) is 1. The Morgan fingerprint density at radius 2 is 2.00 bits per heavy atom. The van der Waals surface area contributed by atoms with E-state index < -0.39 is 0 Å². The summed E-state index contributed by atoms with van der Waals surface area (Å²) in [5, 5.41) is 3.51. The summed E-state index contributed by atoms with van der Waals surface area (Å²) in [5.41, 5.74) is 1.12. The molecule has 18 heavy (non-hydrogen) atoms. The molecule has 0 aromatic heterocycles. The summed E-state index contributed by atoms with van der Waals surface area (Å²) in [6, 6.07) is 6.54. The average Bonchev–Trinajstić information content (AvgIpc) is 2.26. The Balaban J connectivity index is 2.63. The van der Waals surface area contributed by atoms with E-state index >= 15 is 0 Å². The number of benzene rings is 1. The molecule has 1 unspecified atom stereocenters. The lowest BCUT2D eigenvalue weighted by Gasteiger charge is -2.27. The van der Waals surface area contributed by atoms with Crippen LogP contribution in [-0.4, -0.2) is 18.8 Å². The van der Waals surface area contributed by atoms with Crippen molar-refractivity contribution in [3.05, 3.63) is 32.7 Å². The zero-order valence-corrected chi connectivity index (χ0v) is 14.6. The number of rotatable bonds is 6. The third-order valence-electron chi connectivity index (χ3n) is 2.80. The number of nitrogens with one attached hydrogen (secondary N) is 1. The Morgan fingerprint density at radius 1 is 1.33 bits per heavy atom. The van der Waals surface area contributed by atoms with Gasteiger partial charge in [0.15, 0.2) is 0 Å². The summed E-state index contributed by atoms with van der Waals surface area (Å²) in [6.07, 6.45) is 0. The molecule has 0 aliphatic heterocycles. The minimum atomic E-state index is -0.134. The maximum Gasteiger partial charge on any atom is 0.0750 e. The molecule has 0 amide bonds. The van der Waals surface area contributed by atoms with E-state index in [2.05, 4.69) is 76.1 Å². The van der Waals surface area contributed by atoms with Crippen LogP contribution in [0.15, 0.2) is 27.1 Å². The highest BCUT2D eigenvalue weighted by atomic mass is 79.9. The Morgan fingerprint density at radius 3 is 2.56 bits per heavy atom. The lowest BCUT2D eigenvalue weighted by molar-refractivity contribution is -0.0103. The van der Waals surface area contributed by atoms with Gasteiger partial charge in [0.2, 0.25) is 0 Å². The van der Waals surface area contributed by atoms with Gasteiger partial charge in [-0.05, 0) is 45.4 Å². The fourth-order valence-corrected chi connectivity index (χ4v) is 3.19. The van der Waals surface area contributed by atoms with Crippen molar-refractivity contribution in [3.8, 4) is 0 Å². The van der Waals surface area contributed by atoms with Gasteiger partial charge >= 0.3 is 0 Å². The number of hydrogen-bond donors (Lipinski definition) is 1. The van der Waals surface area contributed by atoms with Gasteiger partial charge in [-0.2, -0.15) is 0 Å². The van der Waals surface area contributed by atoms with Gasteiger partial charge in [0.05, 0.1) is 5.60 Å². The molecule has 0 aliphatic carbocycles. The van der Waals surface area contributed by atoms with Crippen LogP contribution in [-0.2, 0) is 4.74 Å². The maximum absolute atomic E-state index is 5.68. The summed E-state index contributed by atoms with van der Waals surface area (Å²) >= 11 is 7.06. The summed E-state index contributed by atoms with van der Waals surface area (Å²) in [5.74, 6) is 0. The highest BCUT2D eigenvalue weighted by molar-refractivity contribution is 9.11. The smallest absolute Gasteiger partial charge is 0.0750 e. The van der Waals surface area contributed by atoms with E-state index in [1.165, 1.54) is 5.56 Å². The topological polar surface area (TPSA) is 21.3 Å². The SMILES string of the molecule is CCOC(C)(C)CNC(C)c1ccc(Br)cc1Br. The fourth-order valence-electron chi connectivity index (χ4n) is 1.80. The van der Waals surface area contributed by atoms with Gasteiger partial charge in [-0.15, -0.1) is 0 Å². The predicted octanol–water partition coefficient (Wildman–Crippen LogP) is 4.68. The van der Waals surface area contributed by atoms with E-state index in [1.54, 1.807) is 0 Å². The van der Waals surface area contributed by atoms with Crippen molar-refractivity contribution in [1.82, 2.24) is 5.32 Å². The molecule has 0 heterocycles. The third kappa shape index (κ3) is 5.00. The van der Waals surface area contributed by atoms with Crippen molar-refractivity contribution in [1.29, 1.82) is 0 Å². The first-order valence-corrected chi connectivity index (χ1v) is 7.76. The van der Waals surface area contributed by atoms with Crippen molar-refractivity contribution in [2.45, 2.75) is 39.3 Å². The molecule has 2 nitrogen and oxygen atoms in total. The zero-order valence-electron chi connectivity index (χ0n) is 11.4. The van der Waals surface area contributed by atoms with Crippen molar-refractivity contribution < 1.29 is 4.74 Å². The van der Waals surface area contributed by atoms with Crippen molar-refractivity contribution in [2.24, 2.45) is 0 Å². The highest BCUT2D eigenvalue weighted by Gasteiger charge is 2.19. The van der Waals surface area contributed by atoms with E-state index in [0.717, 1.165) is 22.1 Å². The first-order valence-electron chi connectivity index (χ1n) is 6.18. The molecule has 0 saturated carbocycles. The average molecular weight is 379 g/mol. The molecule has 1 aromatic rings. The van der Waals surface area contributed by atoms with Crippen molar-refractivity contribution in [2.75, 3.05) is 13.2 Å². The van der Waals surface area contributed by atoms with E-state index in [1.807, 2.05) is 6.92 Å². The van der Waals surface area contributed by atoms with Crippen LogP contribution in [0.4, 0.5) is 0 Å². The molecule has 102 valence electrons. The summed E-state index contributed by atoms with van der Waals surface area (Å²) in [7, 11) is 0. The Bertz CT molecular complexity index is 393. The monoisotopic (exact) mass is 377 g/mol. The molecule has 0 aliphatic rings. The minimum Gasteiger partial charge on any atom is -0.375 e. The van der Waals surface area contributed by atoms with Gasteiger partial charge < -0.3 is 10.1 Å². The second kappa shape index (κ2) is 7.04. The van der Waals surface area contributed by atoms with Crippen molar-refractivity contribution >= 4 is 31.9 Å². The van der Waals surface area contributed by atoms with Crippen molar-refractivity contribution in [3.63, 3.8) is 0 Å². The Kier molecular flexibility index (Phi) is 6.31. The van der Waals surface area contributed by atoms with E-state index in [0.29, 0.717) is 0 Å². The molecule has 0 saturated heterocycles. The molecule has 1 N–H and O–H groups in total. The highest BCUT2D eigenvalue weighted by Crippen LogP contribution is 2.27. The van der Waals surface area contributed by atoms with Gasteiger partial charge in [-0.1, -0.05) is 37.9 Å². The molecule has 0 fully saturated rings. The predicted molar refractivity (Wildman–Crippen MR) is 84.0 cm³/mol. The van der Waals surface area contributed by atoms with Crippen LogP contribution < -0.4 is 5.32 Å². The lowest BCUT2D eigenvalue weighted by atomic mass is 10.1. The van der Waals surface area contributed by atoms with E-state index in [4.69, 9.17) is 4.74 Å². The second-order valence-corrected chi connectivity index (χ2v) is 6.73. The first-order chi connectivity index (χ1) is 8.35. The quantitative estimate of drug-likeness (QED) is 0.775. The van der Waals surface area contributed by atoms with Crippen LogP contribution in [0.1, 0.15) is 39.3 Å². The molecule has 4 heteroatoms. The molecule has 1 atom stereocenters. The first kappa shape index (κ1) is 16.2.